The van der Waals surface area contributed by atoms with Gasteiger partial charge in [0.1, 0.15) is 10.4 Å². The Morgan fingerprint density at radius 2 is 1.88 bits per heavy atom. The van der Waals surface area contributed by atoms with Gasteiger partial charge in [-0.2, -0.15) is 4.98 Å². The van der Waals surface area contributed by atoms with Gasteiger partial charge < -0.3 is 9.26 Å². The summed E-state index contributed by atoms with van der Waals surface area (Å²) in [7, 11) is 0. The van der Waals surface area contributed by atoms with E-state index in [4.69, 9.17) is 25.8 Å². The lowest BCUT2D eigenvalue weighted by molar-refractivity contribution is 0.340. The van der Waals surface area contributed by atoms with E-state index in [-0.39, 0.29) is 5.56 Å². The Morgan fingerprint density at radius 1 is 1.09 bits per heavy atom. The minimum atomic E-state index is -0.125. The van der Waals surface area contributed by atoms with Gasteiger partial charge in [0.05, 0.1) is 23.6 Å². The van der Waals surface area contributed by atoms with Crippen LogP contribution >= 0.6 is 34.7 Å². The van der Waals surface area contributed by atoms with E-state index in [1.54, 1.807) is 28.8 Å². The third kappa shape index (κ3) is 4.52. The molecule has 0 aliphatic carbocycles. The summed E-state index contributed by atoms with van der Waals surface area (Å²) < 4.78 is 13.1. The van der Waals surface area contributed by atoms with E-state index in [9.17, 15) is 4.79 Å². The number of thioether (sulfide) groups is 1. The van der Waals surface area contributed by atoms with Crippen molar-refractivity contribution >= 4 is 44.9 Å². The SMILES string of the molecule is CCOc1ccc(-c2noc(CSc3nc4ccsc4c(=O)n3-c3ccc(Cl)cc3)n2)cc1. The molecule has 5 rings (SSSR count). The Hall–Kier alpha value is -3.14. The Kier molecular flexibility index (Phi) is 6.17. The van der Waals surface area contributed by atoms with Gasteiger partial charge in [-0.1, -0.05) is 28.5 Å². The maximum atomic E-state index is 13.2. The first kappa shape index (κ1) is 21.7. The molecule has 0 radical (unpaired) electrons. The average Bonchev–Trinajstić information content (AvgIpc) is 3.49. The number of rotatable bonds is 7. The van der Waals surface area contributed by atoms with Crippen molar-refractivity contribution < 1.29 is 9.26 Å². The van der Waals surface area contributed by atoms with Crippen LogP contribution in [0, 0.1) is 0 Å². The number of aromatic nitrogens is 4. The minimum absolute atomic E-state index is 0.125. The molecule has 0 spiro atoms. The van der Waals surface area contributed by atoms with Crippen molar-refractivity contribution in [3.63, 3.8) is 0 Å². The van der Waals surface area contributed by atoms with Crippen molar-refractivity contribution in [2.45, 2.75) is 17.8 Å². The van der Waals surface area contributed by atoms with Gasteiger partial charge in [0.25, 0.3) is 5.56 Å². The van der Waals surface area contributed by atoms with Crippen LogP contribution in [0.4, 0.5) is 0 Å². The highest BCUT2D eigenvalue weighted by atomic mass is 35.5. The molecule has 0 N–H and O–H groups in total. The highest BCUT2D eigenvalue weighted by Crippen LogP contribution is 2.27. The second-order valence-electron chi connectivity index (χ2n) is 6.90. The summed E-state index contributed by atoms with van der Waals surface area (Å²) in [5.74, 6) is 2.08. The molecular formula is C23H17ClN4O3S2. The summed E-state index contributed by atoms with van der Waals surface area (Å²) >= 11 is 8.76. The summed E-state index contributed by atoms with van der Waals surface area (Å²) in [6.45, 7) is 2.55. The van der Waals surface area contributed by atoms with Crippen molar-refractivity contribution in [2.24, 2.45) is 0 Å². The minimum Gasteiger partial charge on any atom is -0.494 e. The van der Waals surface area contributed by atoms with Crippen molar-refractivity contribution in [1.29, 1.82) is 0 Å². The Labute approximate surface area is 202 Å². The molecule has 10 heteroatoms. The van der Waals surface area contributed by atoms with E-state index in [1.807, 2.05) is 42.6 Å². The van der Waals surface area contributed by atoms with Crippen LogP contribution < -0.4 is 10.3 Å². The van der Waals surface area contributed by atoms with E-state index in [0.717, 1.165) is 11.3 Å². The number of fused-ring (bicyclic) bond motifs is 1. The van der Waals surface area contributed by atoms with Crippen molar-refractivity contribution in [3.8, 4) is 22.8 Å². The molecule has 0 bridgehead atoms. The largest absolute Gasteiger partial charge is 0.494 e. The Morgan fingerprint density at radius 3 is 2.64 bits per heavy atom. The van der Waals surface area contributed by atoms with E-state index >= 15 is 0 Å². The molecule has 0 amide bonds. The molecule has 33 heavy (non-hydrogen) atoms. The molecule has 7 nitrogen and oxygen atoms in total. The molecule has 3 aromatic heterocycles. The highest BCUT2D eigenvalue weighted by Gasteiger charge is 2.16. The normalized spacial score (nSPS) is 11.2. The molecule has 0 aliphatic heterocycles. The number of benzene rings is 2. The van der Waals surface area contributed by atoms with Crippen LogP contribution in [-0.4, -0.2) is 26.3 Å². The van der Waals surface area contributed by atoms with Crippen LogP contribution in [0.2, 0.25) is 5.02 Å². The van der Waals surface area contributed by atoms with Crippen LogP contribution in [0.5, 0.6) is 5.75 Å². The topological polar surface area (TPSA) is 83.0 Å². The van der Waals surface area contributed by atoms with E-state index in [0.29, 0.717) is 50.2 Å². The molecule has 0 saturated carbocycles. The monoisotopic (exact) mass is 496 g/mol. The summed E-state index contributed by atoms with van der Waals surface area (Å²) in [6.07, 6.45) is 0. The molecule has 0 saturated heterocycles. The third-order valence-electron chi connectivity index (χ3n) is 4.75. The average molecular weight is 497 g/mol. The van der Waals surface area contributed by atoms with Gasteiger partial charge in [0.15, 0.2) is 5.16 Å². The van der Waals surface area contributed by atoms with E-state index in [2.05, 4.69) is 10.1 Å². The van der Waals surface area contributed by atoms with Crippen molar-refractivity contribution in [3.05, 3.63) is 81.2 Å². The Balaban J connectivity index is 1.42. The second-order valence-corrected chi connectivity index (χ2v) is 9.20. The Bertz CT molecular complexity index is 1460. The quantitative estimate of drug-likeness (QED) is 0.207. The molecule has 3 heterocycles. The number of thiophene rings is 1. The summed E-state index contributed by atoms with van der Waals surface area (Å²) in [5, 5.41) is 7.08. The fourth-order valence-corrected chi connectivity index (χ4v) is 4.97. The number of ether oxygens (including phenoxy) is 1. The first-order chi connectivity index (χ1) is 16.1. The molecule has 2 aromatic carbocycles. The molecule has 0 aliphatic rings. The molecule has 0 fully saturated rings. The molecule has 0 atom stereocenters. The summed E-state index contributed by atoms with van der Waals surface area (Å²) in [4.78, 5) is 22.4. The van der Waals surface area contributed by atoms with Gasteiger partial charge in [-0.3, -0.25) is 9.36 Å². The number of halogens is 1. The fraction of sp³-hybridized carbons (Fsp3) is 0.130. The zero-order chi connectivity index (χ0) is 22.8. The predicted molar refractivity (Wildman–Crippen MR) is 131 cm³/mol. The van der Waals surface area contributed by atoms with Crippen LogP contribution in [0.25, 0.3) is 27.3 Å². The van der Waals surface area contributed by atoms with Crippen molar-refractivity contribution in [1.82, 2.24) is 19.7 Å². The lowest BCUT2D eigenvalue weighted by atomic mass is 10.2. The highest BCUT2D eigenvalue weighted by molar-refractivity contribution is 7.98. The predicted octanol–water partition coefficient (Wildman–Crippen LogP) is 5.84. The zero-order valence-corrected chi connectivity index (χ0v) is 19.8. The number of hydrogen-bond acceptors (Lipinski definition) is 8. The van der Waals surface area contributed by atoms with Crippen molar-refractivity contribution in [2.75, 3.05) is 6.61 Å². The fourth-order valence-electron chi connectivity index (χ4n) is 3.23. The molecular weight excluding hydrogens is 480 g/mol. The maximum Gasteiger partial charge on any atom is 0.276 e. The van der Waals surface area contributed by atoms with Gasteiger partial charge in [0, 0.05) is 10.6 Å². The molecule has 5 aromatic rings. The van der Waals surface area contributed by atoms with Crippen LogP contribution in [-0.2, 0) is 5.75 Å². The smallest absolute Gasteiger partial charge is 0.276 e. The number of hydrogen-bond donors (Lipinski definition) is 0. The lowest BCUT2D eigenvalue weighted by Gasteiger charge is -2.11. The van der Waals surface area contributed by atoms with Gasteiger partial charge in [-0.15, -0.1) is 11.3 Å². The first-order valence-electron chi connectivity index (χ1n) is 10.1. The third-order valence-corrected chi connectivity index (χ3v) is 6.82. The van der Waals surface area contributed by atoms with Gasteiger partial charge >= 0.3 is 0 Å². The zero-order valence-electron chi connectivity index (χ0n) is 17.4. The first-order valence-corrected chi connectivity index (χ1v) is 12.3. The molecule has 166 valence electrons. The number of nitrogens with zero attached hydrogens (tertiary/aromatic N) is 4. The lowest BCUT2D eigenvalue weighted by Crippen LogP contribution is -2.20. The maximum absolute atomic E-state index is 13.2. The standard InChI is InChI=1S/C23H17ClN4O3S2/c1-2-30-17-9-3-14(4-10-17)21-26-19(31-27-21)13-33-23-25-18-11-12-32-20(18)22(29)28(23)16-7-5-15(24)6-8-16/h3-12H,2,13H2,1H3. The van der Waals surface area contributed by atoms with Crippen LogP contribution in [0.1, 0.15) is 12.8 Å². The van der Waals surface area contributed by atoms with E-state index in [1.165, 1.54) is 23.1 Å². The van der Waals surface area contributed by atoms with Crippen LogP contribution in [0.3, 0.4) is 0 Å². The second kappa shape index (κ2) is 9.38. The van der Waals surface area contributed by atoms with Gasteiger partial charge in [0.2, 0.25) is 11.7 Å². The van der Waals surface area contributed by atoms with Gasteiger partial charge in [-0.05, 0) is 66.9 Å². The molecule has 0 unspecified atom stereocenters. The van der Waals surface area contributed by atoms with Gasteiger partial charge in [-0.25, -0.2) is 4.98 Å². The summed E-state index contributed by atoms with van der Waals surface area (Å²) in [5.41, 5.74) is 2.06. The van der Waals surface area contributed by atoms with Crippen LogP contribution in [0.15, 0.2) is 74.5 Å². The van der Waals surface area contributed by atoms with E-state index < -0.39 is 0 Å². The summed E-state index contributed by atoms with van der Waals surface area (Å²) in [6, 6.07) is 16.4.